The third kappa shape index (κ3) is 6.22. The summed E-state index contributed by atoms with van der Waals surface area (Å²) in [6, 6.07) is 19.4. The van der Waals surface area contributed by atoms with E-state index in [-0.39, 0.29) is 0 Å². The van der Waals surface area contributed by atoms with E-state index in [1.165, 1.54) is 62.6 Å². The summed E-state index contributed by atoms with van der Waals surface area (Å²) in [7, 11) is 0. The molecule has 0 saturated carbocycles. The first-order valence-electron chi connectivity index (χ1n) is 10.6. The number of hydrogen-bond donors (Lipinski definition) is 1. The Kier molecular flexibility index (Phi) is 8.10. The number of anilines is 2. The zero-order valence-corrected chi connectivity index (χ0v) is 17.0. The Morgan fingerprint density at radius 3 is 2.14 bits per heavy atom. The Morgan fingerprint density at radius 1 is 0.786 bits per heavy atom. The molecule has 0 fully saturated rings. The molecule has 148 valence electrons. The topological polar surface area (TPSA) is 44.8 Å². The summed E-state index contributed by atoms with van der Waals surface area (Å²) in [5.41, 5.74) is 4.69. The molecule has 4 nitrogen and oxygen atoms in total. The van der Waals surface area contributed by atoms with E-state index < -0.39 is 0 Å². The van der Waals surface area contributed by atoms with E-state index in [1.807, 2.05) is 6.07 Å². The maximum absolute atomic E-state index is 4.22. The van der Waals surface area contributed by atoms with Gasteiger partial charge in [0, 0.05) is 11.4 Å². The van der Waals surface area contributed by atoms with Crippen molar-refractivity contribution in [3.05, 3.63) is 72.1 Å². The smallest absolute Gasteiger partial charge is 0.102 e. The highest BCUT2D eigenvalue weighted by atomic mass is 15.3. The molecule has 0 atom stereocenters. The Hall–Kier alpha value is -2.62. The summed E-state index contributed by atoms with van der Waals surface area (Å²) in [5, 5.41) is 10.9. The lowest BCUT2D eigenvalue weighted by Crippen LogP contribution is -2.16. The average molecular weight is 377 g/mol. The Morgan fingerprint density at radius 2 is 1.46 bits per heavy atom. The fourth-order valence-corrected chi connectivity index (χ4v) is 3.53. The quantitative estimate of drug-likeness (QED) is 0.370. The van der Waals surface area contributed by atoms with Gasteiger partial charge in [-0.15, -0.1) is 0 Å². The van der Waals surface area contributed by atoms with E-state index in [4.69, 9.17) is 0 Å². The molecule has 1 N–H and O–H groups in total. The van der Waals surface area contributed by atoms with E-state index in [1.54, 1.807) is 6.20 Å². The number of unbranched alkanes of at least 4 members (excludes halogenated alkanes) is 6. The number of aromatic nitrogens is 3. The highest BCUT2D eigenvalue weighted by molar-refractivity contribution is 5.63. The van der Waals surface area contributed by atoms with Gasteiger partial charge >= 0.3 is 0 Å². The fraction of sp³-hybridized carbons (Fsp3) is 0.417. The third-order valence-corrected chi connectivity index (χ3v) is 5.17. The maximum atomic E-state index is 4.22. The van der Waals surface area contributed by atoms with Crippen molar-refractivity contribution in [1.29, 1.82) is 0 Å². The van der Waals surface area contributed by atoms with Gasteiger partial charge in [-0.25, -0.2) is 0 Å². The van der Waals surface area contributed by atoms with Crippen molar-refractivity contribution in [2.45, 2.75) is 64.8 Å². The van der Waals surface area contributed by atoms with Crippen LogP contribution in [0, 0.1) is 0 Å². The third-order valence-electron chi connectivity index (χ3n) is 5.17. The van der Waals surface area contributed by atoms with Gasteiger partial charge in [0.2, 0.25) is 0 Å². The highest BCUT2D eigenvalue weighted by Crippen LogP contribution is 2.27. The number of benzene rings is 2. The number of aromatic amines is 1. The number of hydrogen-bond acceptors (Lipinski definition) is 3. The first-order valence-corrected chi connectivity index (χ1v) is 10.6. The van der Waals surface area contributed by atoms with Gasteiger partial charge in [-0.2, -0.15) is 15.4 Å². The molecule has 0 aliphatic carbocycles. The number of para-hydroxylation sites is 1. The van der Waals surface area contributed by atoms with Crippen LogP contribution in [0.15, 0.2) is 60.8 Å². The standard InChI is InChI=1S/C24H32N4/c1-2-3-4-5-6-7-9-12-21-15-17-24(18-16-21)28(20-22-19-25-27-26-22)23-13-10-8-11-14-23/h8,10-11,13-19H,2-7,9,12,20H2,1H3,(H,25,26,27). The van der Waals surface area contributed by atoms with E-state index in [2.05, 4.69) is 75.8 Å². The van der Waals surface area contributed by atoms with Crippen molar-refractivity contribution in [2.24, 2.45) is 0 Å². The monoisotopic (exact) mass is 376 g/mol. The molecule has 0 aliphatic heterocycles. The molecular weight excluding hydrogens is 344 g/mol. The summed E-state index contributed by atoms with van der Waals surface area (Å²) >= 11 is 0. The molecule has 0 radical (unpaired) electrons. The van der Waals surface area contributed by atoms with Gasteiger partial charge in [0.1, 0.15) is 5.69 Å². The van der Waals surface area contributed by atoms with Gasteiger partial charge in [-0.3, -0.25) is 0 Å². The van der Waals surface area contributed by atoms with Gasteiger partial charge < -0.3 is 4.90 Å². The van der Waals surface area contributed by atoms with Crippen LogP contribution in [0.25, 0.3) is 0 Å². The van der Waals surface area contributed by atoms with Crippen LogP contribution >= 0.6 is 0 Å². The second-order valence-electron chi connectivity index (χ2n) is 7.42. The number of aryl methyl sites for hydroxylation is 1. The van der Waals surface area contributed by atoms with E-state index in [0.29, 0.717) is 6.54 Å². The van der Waals surface area contributed by atoms with Crippen LogP contribution in [0.1, 0.15) is 63.1 Å². The van der Waals surface area contributed by atoms with Crippen LogP contribution in [0.5, 0.6) is 0 Å². The van der Waals surface area contributed by atoms with Crippen molar-refractivity contribution in [1.82, 2.24) is 15.4 Å². The largest absolute Gasteiger partial charge is 0.335 e. The molecule has 0 bridgehead atoms. The Labute approximate surface area is 169 Å². The molecule has 0 aliphatic rings. The molecule has 1 aromatic heterocycles. The fourth-order valence-electron chi connectivity index (χ4n) is 3.53. The zero-order chi connectivity index (χ0) is 19.4. The van der Waals surface area contributed by atoms with Gasteiger partial charge in [0.15, 0.2) is 0 Å². The summed E-state index contributed by atoms with van der Waals surface area (Å²) in [6.07, 6.45) is 12.4. The maximum Gasteiger partial charge on any atom is 0.102 e. The van der Waals surface area contributed by atoms with Crippen LogP contribution in [0.2, 0.25) is 0 Å². The SMILES string of the molecule is CCCCCCCCCc1ccc(N(Cc2cn[nH]n2)c2ccccc2)cc1. The lowest BCUT2D eigenvalue weighted by molar-refractivity contribution is 0.589. The Bertz CT molecular complexity index is 766. The number of nitrogens with zero attached hydrogens (tertiary/aromatic N) is 3. The van der Waals surface area contributed by atoms with Gasteiger partial charge in [-0.05, 0) is 42.7 Å². The number of H-pyrrole nitrogens is 1. The van der Waals surface area contributed by atoms with E-state index in [0.717, 1.165) is 11.4 Å². The average Bonchev–Trinajstić information content (AvgIpc) is 3.26. The molecule has 28 heavy (non-hydrogen) atoms. The van der Waals surface area contributed by atoms with Crippen molar-refractivity contribution < 1.29 is 0 Å². The van der Waals surface area contributed by atoms with Gasteiger partial charge in [-0.1, -0.05) is 75.8 Å². The molecule has 3 aromatic rings. The minimum absolute atomic E-state index is 0.692. The zero-order valence-electron chi connectivity index (χ0n) is 17.0. The summed E-state index contributed by atoms with van der Waals surface area (Å²) < 4.78 is 0. The first-order chi connectivity index (χ1) is 13.9. The van der Waals surface area contributed by atoms with E-state index in [9.17, 15) is 0 Å². The summed E-state index contributed by atoms with van der Waals surface area (Å²) in [6.45, 7) is 2.96. The molecule has 2 aromatic carbocycles. The number of rotatable bonds is 12. The van der Waals surface area contributed by atoms with Crippen LogP contribution in [0.3, 0.4) is 0 Å². The molecule has 0 amide bonds. The van der Waals surface area contributed by atoms with E-state index >= 15 is 0 Å². The summed E-state index contributed by atoms with van der Waals surface area (Å²) in [4.78, 5) is 2.27. The molecule has 4 heteroatoms. The predicted octanol–water partition coefficient (Wildman–Crippen LogP) is 6.44. The van der Waals surface area contributed by atoms with Crippen molar-refractivity contribution in [3.63, 3.8) is 0 Å². The van der Waals surface area contributed by atoms with Crippen LogP contribution in [-0.4, -0.2) is 15.4 Å². The minimum atomic E-state index is 0.692. The second kappa shape index (κ2) is 11.3. The molecule has 3 rings (SSSR count). The van der Waals surface area contributed by atoms with Crippen LogP contribution in [0.4, 0.5) is 11.4 Å². The lowest BCUT2D eigenvalue weighted by atomic mass is 10.0. The second-order valence-corrected chi connectivity index (χ2v) is 7.42. The Balaban J connectivity index is 1.57. The molecule has 0 saturated heterocycles. The van der Waals surface area contributed by atoms with Crippen molar-refractivity contribution in [2.75, 3.05) is 4.90 Å². The molecule has 0 spiro atoms. The lowest BCUT2D eigenvalue weighted by Gasteiger charge is -2.24. The van der Waals surface area contributed by atoms with Crippen molar-refractivity contribution >= 4 is 11.4 Å². The predicted molar refractivity (Wildman–Crippen MR) is 117 cm³/mol. The minimum Gasteiger partial charge on any atom is -0.335 e. The number of nitrogens with one attached hydrogen (secondary N) is 1. The van der Waals surface area contributed by atoms with Crippen molar-refractivity contribution in [3.8, 4) is 0 Å². The molecule has 1 heterocycles. The molecular formula is C24H32N4. The highest BCUT2D eigenvalue weighted by Gasteiger charge is 2.11. The first kappa shape index (κ1) is 20.1. The summed E-state index contributed by atoms with van der Waals surface area (Å²) in [5.74, 6) is 0. The van der Waals surface area contributed by atoms with Gasteiger partial charge in [0.05, 0.1) is 12.7 Å². The van der Waals surface area contributed by atoms with Crippen LogP contribution < -0.4 is 4.90 Å². The molecule has 0 unspecified atom stereocenters. The van der Waals surface area contributed by atoms with Crippen LogP contribution in [-0.2, 0) is 13.0 Å². The normalized spacial score (nSPS) is 10.9. The van der Waals surface area contributed by atoms with Gasteiger partial charge in [0.25, 0.3) is 0 Å².